The Bertz CT molecular complexity index is 947. The Morgan fingerprint density at radius 3 is 2.44 bits per heavy atom. The Morgan fingerprint density at radius 2 is 1.76 bits per heavy atom. The van der Waals surface area contributed by atoms with E-state index in [1.165, 1.54) is 11.3 Å². The van der Waals surface area contributed by atoms with Crippen LogP contribution < -0.4 is 4.72 Å². The number of aromatic hydroxyl groups is 1. The first-order valence-electron chi connectivity index (χ1n) is 7.68. The molecule has 1 aromatic heterocycles. The molecular formula is C18H18N2O3S2. The highest BCUT2D eigenvalue weighted by molar-refractivity contribution is 7.88. The highest BCUT2D eigenvalue weighted by Gasteiger charge is 2.13. The average Bonchev–Trinajstić information content (AvgIpc) is 3.05. The lowest BCUT2D eigenvalue weighted by atomic mass is 10.2. The molecule has 2 N–H and O–H groups in total. The van der Waals surface area contributed by atoms with Gasteiger partial charge in [-0.3, -0.25) is 0 Å². The van der Waals surface area contributed by atoms with Crippen LogP contribution in [-0.2, 0) is 22.3 Å². The molecule has 3 aromatic rings. The number of nitrogens with one attached hydrogen (secondary N) is 1. The molecule has 0 saturated heterocycles. The minimum atomic E-state index is -3.42. The Labute approximate surface area is 151 Å². The van der Waals surface area contributed by atoms with Crippen molar-refractivity contribution < 1.29 is 13.5 Å². The first-order chi connectivity index (χ1) is 11.9. The fourth-order valence-electron chi connectivity index (χ4n) is 2.28. The predicted octanol–water partition coefficient (Wildman–Crippen LogP) is 3.44. The van der Waals surface area contributed by atoms with Crippen LogP contribution in [0.1, 0.15) is 16.1 Å². The fraction of sp³-hybridized carbons (Fsp3) is 0.167. The molecule has 0 bridgehead atoms. The molecule has 0 aliphatic carbocycles. The van der Waals surface area contributed by atoms with Crippen molar-refractivity contribution in [1.29, 1.82) is 0 Å². The van der Waals surface area contributed by atoms with E-state index in [1.807, 2.05) is 36.6 Å². The number of hydrogen-bond acceptors (Lipinski definition) is 5. The zero-order chi connectivity index (χ0) is 17.9. The Hall–Kier alpha value is -2.22. The van der Waals surface area contributed by atoms with Gasteiger partial charge in [0.15, 0.2) is 0 Å². The molecule has 7 heteroatoms. The minimum absolute atomic E-state index is 0.0521. The summed E-state index contributed by atoms with van der Waals surface area (Å²) in [5, 5.41) is 11.9. The lowest BCUT2D eigenvalue weighted by molar-refractivity contribution is 0.475. The number of aryl methyl sites for hydroxylation is 1. The Morgan fingerprint density at radius 1 is 1.08 bits per heavy atom. The van der Waals surface area contributed by atoms with E-state index in [9.17, 15) is 13.5 Å². The average molecular weight is 374 g/mol. The number of phenols is 1. The zero-order valence-corrected chi connectivity index (χ0v) is 15.3. The molecule has 0 amide bonds. The molecule has 0 radical (unpaired) electrons. The summed E-state index contributed by atoms with van der Waals surface area (Å²) in [6.07, 6.45) is 0. The third-order valence-corrected chi connectivity index (χ3v) is 5.78. The van der Waals surface area contributed by atoms with Crippen molar-refractivity contribution in [3.05, 3.63) is 70.0 Å². The third-order valence-electron chi connectivity index (χ3n) is 3.64. The maximum absolute atomic E-state index is 12.2. The molecule has 3 rings (SSSR count). The number of sulfonamides is 1. The summed E-state index contributed by atoms with van der Waals surface area (Å²) in [5.74, 6) is 0.145. The van der Waals surface area contributed by atoms with Gasteiger partial charge in [-0.05, 0) is 36.8 Å². The number of nitrogens with zero attached hydrogens (tertiary/aromatic N) is 1. The molecule has 25 heavy (non-hydrogen) atoms. The van der Waals surface area contributed by atoms with Gasteiger partial charge in [-0.15, -0.1) is 11.3 Å². The summed E-state index contributed by atoms with van der Waals surface area (Å²) in [7, 11) is -3.42. The van der Waals surface area contributed by atoms with Crippen LogP contribution in [0.25, 0.3) is 11.3 Å². The topological polar surface area (TPSA) is 79.3 Å². The predicted molar refractivity (Wildman–Crippen MR) is 99.9 cm³/mol. The molecule has 1 heterocycles. The Balaban J connectivity index is 1.63. The number of aromatic nitrogens is 1. The molecule has 0 atom stereocenters. The van der Waals surface area contributed by atoms with E-state index in [4.69, 9.17) is 0 Å². The lowest BCUT2D eigenvalue weighted by Gasteiger charge is -2.05. The number of thiazole rings is 1. The summed E-state index contributed by atoms with van der Waals surface area (Å²) < 4.78 is 27.0. The first kappa shape index (κ1) is 17.6. The van der Waals surface area contributed by atoms with Gasteiger partial charge in [0.25, 0.3) is 0 Å². The SMILES string of the molecule is Cc1ccc(CS(=O)(=O)NCc2nc(-c3ccc(O)cc3)cs2)cc1. The Kier molecular flexibility index (Phi) is 5.17. The summed E-state index contributed by atoms with van der Waals surface area (Å²) in [5.41, 5.74) is 3.49. The van der Waals surface area contributed by atoms with Gasteiger partial charge in [-0.25, -0.2) is 18.1 Å². The van der Waals surface area contributed by atoms with E-state index >= 15 is 0 Å². The maximum atomic E-state index is 12.2. The molecule has 0 aliphatic heterocycles. The van der Waals surface area contributed by atoms with Gasteiger partial charge in [-0.2, -0.15) is 0 Å². The second-order valence-electron chi connectivity index (χ2n) is 5.74. The van der Waals surface area contributed by atoms with E-state index in [2.05, 4.69) is 9.71 Å². The summed E-state index contributed by atoms with van der Waals surface area (Å²) in [6, 6.07) is 14.2. The summed E-state index contributed by atoms with van der Waals surface area (Å²) in [6.45, 7) is 2.13. The van der Waals surface area contributed by atoms with Crippen molar-refractivity contribution in [2.45, 2.75) is 19.2 Å². The van der Waals surface area contributed by atoms with E-state index in [0.29, 0.717) is 5.01 Å². The van der Waals surface area contributed by atoms with Gasteiger partial charge >= 0.3 is 0 Å². The van der Waals surface area contributed by atoms with Gasteiger partial charge in [0, 0.05) is 10.9 Å². The molecule has 2 aromatic carbocycles. The lowest BCUT2D eigenvalue weighted by Crippen LogP contribution is -2.24. The first-order valence-corrected chi connectivity index (χ1v) is 10.2. The van der Waals surface area contributed by atoms with Crippen molar-refractivity contribution in [1.82, 2.24) is 9.71 Å². The van der Waals surface area contributed by atoms with Gasteiger partial charge in [0.05, 0.1) is 18.0 Å². The number of benzene rings is 2. The summed E-state index contributed by atoms with van der Waals surface area (Å²) >= 11 is 1.40. The van der Waals surface area contributed by atoms with Crippen molar-refractivity contribution in [3.8, 4) is 17.0 Å². The number of rotatable bonds is 6. The van der Waals surface area contributed by atoms with Crippen LogP contribution in [0.4, 0.5) is 0 Å². The van der Waals surface area contributed by atoms with Crippen LogP contribution in [0.15, 0.2) is 53.9 Å². The van der Waals surface area contributed by atoms with E-state index < -0.39 is 10.0 Å². The van der Waals surface area contributed by atoms with Crippen molar-refractivity contribution in [2.24, 2.45) is 0 Å². The van der Waals surface area contributed by atoms with Crippen LogP contribution in [0, 0.1) is 6.92 Å². The second kappa shape index (κ2) is 7.35. The van der Waals surface area contributed by atoms with Gasteiger partial charge < -0.3 is 5.11 Å². The van der Waals surface area contributed by atoms with E-state index in [0.717, 1.165) is 22.4 Å². The standard InChI is InChI=1S/C18H18N2O3S2/c1-13-2-4-14(5-3-13)12-25(22,23)19-10-18-20-17(11-24-18)15-6-8-16(21)9-7-15/h2-9,11,19,21H,10,12H2,1H3. The molecule has 0 saturated carbocycles. The van der Waals surface area contributed by atoms with Crippen LogP contribution in [0.5, 0.6) is 5.75 Å². The monoisotopic (exact) mass is 374 g/mol. The highest BCUT2D eigenvalue weighted by Crippen LogP contribution is 2.23. The highest BCUT2D eigenvalue weighted by atomic mass is 32.2. The smallest absolute Gasteiger partial charge is 0.216 e. The minimum Gasteiger partial charge on any atom is -0.508 e. The van der Waals surface area contributed by atoms with Crippen molar-refractivity contribution >= 4 is 21.4 Å². The number of phenolic OH excluding ortho intramolecular Hbond substituents is 1. The molecule has 130 valence electrons. The van der Waals surface area contributed by atoms with Crippen molar-refractivity contribution in [3.63, 3.8) is 0 Å². The molecule has 0 unspecified atom stereocenters. The summed E-state index contributed by atoms with van der Waals surface area (Å²) in [4.78, 5) is 4.44. The van der Waals surface area contributed by atoms with E-state index in [-0.39, 0.29) is 18.0 Å². The molecule has 5 nitrogen and oxygen atoms in total. The van der Waals surface area contributed by atoms with Crippen LogP contribution in [0.2, 0.25) is 0 Å². The fourth-order valence-corrected chi connectivity index (χ4v) is 4.21. The quantitative estimate of drug-likeness (QED) is 0.693. The third kappa shape index (κ3) is 4.88. The molecule has 0 spiro atoms. The normalized spacial score (nSPS) is 11.6. The van der Waals surface area contributed by atoms with Crippen LogP contribution >= 0.6 is 11.3 Å². The molecule has 0 aliphatic rings. The zero-order valence-electron chi connectivity index (χ0n) is 13.6. The van der Waals surface area contributed by atoms with Crippen LogP contribution in [0.3, 0.4) is 0 Å². The largest absolute Gasteiger partial charge is 0.508 e. The van der Waals surface area contributed by atoms with Crippen molar-refractivity contribution in [2.75, 3.05) is 0 Å². The second-order valence-corrected chi connectivity index (χ2v) is 8.49. The molecule has 0 fully saturated rings. The molecular weight excluding hydrogens is 356 g/mol. The van der Waals surface area contributed by atoms with Crippen LogP contribution in [-0.4, -0.2) is 18.5 Å². The van der Waals surface area contributed by atoms with Gasteiger partial charge in [-0.1, -0.05) is 29.8 Å². The van der Waals surface area contributed by atoms with Gasteiger partial charge in [0.1, 0.15) is 10.8 Å². The number of hydrogen-bond donors (Lipinski definition) is 2. The van der Waals surface area contributed by atoms with Gasteiger partial charge in [0.2, 0.25) is 10.0 Å². The maximum Gasteiger partial charge on any atom is 0.216 e. The van der Waals surface area contributed by atoms with E-state index in [1.54, 1.807) is 24.3 Å².